The predicted molar refractivity (Wildman–Crippen MR) is 118 cm³/mol. The molecule has 0 atom stereocenters. The number of halogens is 1. The van der Waals surface area contributed by atoms with Gasteiger partial charge in [-0.3, -0.25) is 4.79 Å². The molecule has 4 rings (SSSR count). The maximum absolute atomic E-state index is 12.3. The minimum absolute atomic E-state index is 0.0264. The Morgan fingerprint density at radius 1 is 1.03 bits per heavy atom. The Balaban J connectivity index is 1.50. The van der Waals surface area contributed by atoms with Gasteiger partial charge in [0.1, 0.15) is 22.5 Å². The maximum atomic E-state index is 12.3. The van der Waals surface area contributed by atoms with Crippen molar-refractivity contribution in [1.29, 1.82) is 0 Å². The number of aliphatic hydroxyl groups excluding tert-OH is 1. The van der Waals surface area contributed by atoms with Crippen LogP contribution in [0, 0.1) is 0 Å². The number of carbonyl (C=O) groups excluding carboxylic acids is 1. The quantitative estimate of drug-likeness (QED) is 0.442. The molecule has 3 aromatic carbocycles. The number of amides is 1. The third kappa shape index (κ3) is 5.02. The van der Waals surface area contributed by atoms with E-state index in [-0.39, 0.29) is 19.1 Å². The number of nitrogens with zero attached hydrogens (tertiary/aromatic N) is 3. The Morgan fingerprint density at radius 2 is 1.74 bits per heavy atom. The number of hydrogen-bond acceptors (Lipinski definition) is 5. The molecule has 31 heavy (non-hydrogen) atoms. The summed E-state index contributed by atoms with van der Waals surface area (Å²) >= 11 is 6.13. The summed E-state index contributed by atoms with van der Waals surface area (Å²) in [6, 6.07) is 20.3. The largest absolute Gasteiger partial charge is 0.481 e. The number of nitrogens with one attached hydrogen (secondary N) is 1. The minimum Gasteiger partial charge on any atom is -0.481 e. The number of ether oxygens (including phenoxy) is 1. The third-order valence-corrected chi connectivity index (χ3v) is 5.09. The van der Waals surface area contributed by atoms with Crippen molar-refractivity contribution < 1.29 is 14.6 Å². The summed E-state index contributed by atoms with van der Waals surface area (Å²) in [5.41, 5.74) is 3.84. The molecule has 0 fully saturated rings. The summed E-state index contributed by atoms with van der Waals surface area (Å²) in [6.45, 7) is 0.173. The Hall–Kier alpha value is -3.42. The van der Waals surface area contributed by atoms with Crippen LogP contribution in [0.1, 0.15) is 11.1 Å². The van der Waals surface area contributed by atoms with Crippen LogP contribution < -0.4 is 10.1 Å². The fourth-order valence-corrected chi connectivity index (χ4v) is 3.33. The van der Waals surface area contributed by atoms with Crippen LogP contribution in [0.5, 0.6) is 5.75 Å². The molecule has 2 N–H and O–H groups in total. The van der Waals surface area contributed by atoms with Crippen LogP contribution in [0.3, 0.4) is 0 Å². The molecule has 7 nitrogen and oxygen atoms in total. The van der Waals surface area contributed by atoms with Crippen LogP contribution in [-0.2, 0) is 17.8 Å². The van der Waals surface area contributed by atoms with Gasteiger partial charge in [-0.25, -0.2) is 0 Å². The van der Waals surface area contributed by atoms with Gasteiger partial charge in [0.15, 0.2) is 6.61 Å². The third-order valence-electron chi connectivity index (χ3n) is 4.72. The van der Waals surface area contributed by atoms with Crippen LogP contribution in [-0.4, -0.2) is 39.2 Å². The van der Waals surface area contributed by atoms with E-state index in [1.54, 1.807) is 12.1 Å². The Labute approximate surface area is 184 Å². The molecule has 0 unspecified atom stereocenters. The predicted octanol–water partition coefficient (Wildman–Crippen LogP) is 3.30. The molecule has 0 saturated carbocycles. The minimum atomic E-state index is -0.274. The SMILES string of the molecule is O=C(COc1ccc(CCO)cc1-n1nc2ccccc2n1)NCc1ccccc1Cl. The lowest BCUT2D eigenvalue weighted by Crippen LogP contribution is -2.28. The fraction of sp³-hybridized carbons (Fsp3) is 0.174. The second-order valence-corrected chi connectivity index (χ2v) is 7.32. The number of fused-ring (bicyclic) bond motifs is 1. The van der Waals surface area contributed by atoms with Gasteiger partial charge in [0.25, 0.3) is 5.91 Å². The van der Waals surface area contributed by atoms with Crippen molar-refractivity contribution in [2.24, 2.45) is 0 Å². The van der Waals surface area contributed by atoms with Crippen LogP contribution in [0.25, 0.3) is 16.7 Å². The van der Waals surface area contributed by atoms with E-state index in [1.165, 1.54) is 4.80 Å². The first-order valence-electron chi connectivity index (χ1n) is 9.83. The van der Waals surface area contributed by atoms with Crippen molar-refractivity contribution in [2.45, 2.75) is 13.0 Å². The summed E-state index contributed by atoms with van der Waals surface area (Å²) in [5, 5.41) is 21.7. The number of benzene rings is 3. The number of carbonyl (C=O) groups is 1. The lowest BCUT2D eigenvalue weighted by atomic mass is 10.1. The van der Waals surface area contributed by atoms with Gasteiger partial charge in [0.05, 0.1) is 0 Å². The van der Waals surface area contributed by atoms with Gasteiger partial charge >= 0.3 is 0 Å². The maximum Gasteiger partial charge on any atom is 0.258 e. The Kier molecular flexibility index (Phi) is 6.45. The second kappa shape index (κ2) is 9.59. The molecule has 0 bridgehead atoms. The van der Waals surface area contributed by atoms with E-state index < -0.39 is 0 Å². The lowest BCUT2D eigenvalue weighted by molar-refractivity contribution is -0.123. The first-order chi connectivity index (χ1) is 15.1. The molecule has 0 saturated heterocycles. The molecule has 0 radical (unpaired) electrons. The van der Waals surface area contributed by atoms with Gasteiger partial charge in [-0.05, 0) is 47.9 Å². The molecule has 4 aromatic rings. The van der Waals surface area contributed by atoms with E-state index in [9.17, 15) is 9.90 Å². The van der Waals surface area contributed by atoms with Crippen LogP contribution >= 0.6 is 11.6 Å². The zero-order valence-corrected chi connectivity index (χ0v) is 17.4. The Bertz CT molecular complexity index is 1180. The van der Waals surface area contributed by atoms with Gasteiger partial charge in [0.2, 0.25) is 0 Å². The van der Waals surface area contributed by atoms with Gasteiger partial charge < -0.3 is 15.2 Å². The molecule has 0 spiro atoms. The first kappa shape index (κ1) is 20.8. The highest BCUT2D eigenvalue weighted by Gasteiger charge is 2.13. The van der Waals surface area contributed by atoms with Gasteiger partial charge in [-0.15, -0.1) is 15.0 Å². The molecule has 1 aromatic heterocycles. The van der Waals surface area contributed by atoms with E-state index >= 15 is 0 Å². The molecule has 0 aliphatic carbocycles. The molecule has 1 heterocycles. The van der Waals surface area contributed by atoms with Crippen LogP contribution in [0.2, 0.25) is 5.02 Å². The van der Waals surface area contributed by atoms with E-state index in [0.29, 0.717) is 29.4 Å². The topological polar surface area (TPSA) is 89.3 Å². The zero-order chi connectivity index (χ0) is 21.6. The van der Waals surface area contributed by atoms with Crippen molar-refractivity contribution in [3.63, 3.8) is 0 Å². The zero-order valence-electron chi connectivity index (χ0n) is 16.7. The molecule has 158 valence electrons. The molecule has 8 heteroatoms. The van der Waals surface area contributed by atoms with Crippen molar-refractivity contribution in [2.75, 3.05) is 13.2 Å². The van der Waals surface area contributed by atoms with E-state index in [1.807, 2.05) is 54.6 Å². The first-order valence-corrected chi connectivity index (χ1v) is 10.2. The van der Waals surface area contributed by atoms with E-state index in [0.717, 1.165) is 22.2 Å². The number of hydrogen-bond donors (Lipinski definition) is 2. The lowest BCUT2D eigenvalue weighted by Gasteiger charge is -2.13. The van der Waals surface area contributed by atoms with Crippen molar-refractivity contribution in [3.05, 3.63) is 82.9 Å². The standard InChI is InChI=1S/C23H21ClN4O3/c24-18-6-2-1-5-17(18)14-25-23(30)15-31-22-10-9-16(11-12-29)13-21(22)28-26-19-7-3-4-8-20(19)27-28/h1-10,13,29H,11-12,14-15H2,(H,25,30). The normalized spacial score (nSPS) is 10.9. The van der Waals surface area contributed by atoms with Gasteiger partial charge in [-0.1, -0.05) is 48.0 Å². The summed E-state index contributed by atoms with van der Waals surface area (Å²) in [7, 11) is 0. The van der Waals surface area contributed by atoms with Crippen molar-refractivity contribution in [3.8, 4) is 11.4 Å². The smallest absolute Gasteiger partial charge is 0.258 e. The Morgan fingerprint density at radius 3 is 2.45 bits per heavy atom. The monoisotopic (exact) mass is 436 g/mol. The van der Waals surface area contributed by atoms with Crippen molar-refractivity contribution >= 4 is 28.5 Å². The summed E-state index contributed by atoms with van der Waals surface area (Å²) in [4.78, 5) is 13.8. The van der Waals surface area contributed by atoms with Gasteiger partial charge in [-0.2, -0.15) is 0 Å². The number of rotatable bonds is 8. The van der Waals surface area contributed by atoms with Crippen molar-refractivity contribution in [1.82, 2.24) is 20.3 Å². The van der Waals surface area contributed by atoms with Crippen LogP contribution in [0.4, 0.5) is 0 Å². The molecular formula is C23H21ClN4O3. The average Bonchev–Trinajstić information content (AvgIpc) is 3.22. The second-order valence-electron chi connectivity index (χ2n) is 6.91. The summed E-state index contributed by atoms with van der Waals surface area (Å²) in [5.74, 6) is 0.193. The molecule has 0 aliphatic rings. The number of aliphatic hydroxyl groups is 1. The summed E-state index contributed by atoms with van der Waals surface area (Å²) in [6.07, 6.45) is 0.492. The highest BCUT2D eigenvalue weighted by Crippen LogP contribution is 2.25. The summed E-state index contributed by atoms with van der Waals surface area (Å²) < 4.78 is 5.79. The van der Waals surface area contributed by atoms with Gasteiger partial charge in [0, 0.05) is 18.2 Å². The average molecular weight is 437 g/mol. The van der Waals surface area contributed by atoms with Crippen LogP contribution in [0.15, 0.2) is 66.7 Å². The number of aromatic nitrogens is 3. The molecule has 1 amide bonds. The highest BCUT2D eigenvalue weighted by molar-refractivity contribution is 6.31. The molecule has 0 aliphatic heterocycles. The molecular weight excluding hydrogens is 416 g/mol. The van der Waals surface area contributed by atoms with E-state index in [2.05, 4.69) is 15.5 Å². The highest BCUT2D eigenvalue weighted by atomic mass is 35.5. The fourth-order valence-electron chi connectivity index (χ4n) is 3.12. The van der Waals surface area contributed by atoms with E-state index in [4.69, 9.17) is 16.3 Å².